The molecule has 2 aromatic carbocycles. The molecule has 0 saturated heterocycles. The van der Waals surface area contributed by atoms with Crippen LogP contribution in [0.15, 0.2) is 36.4 Å². The third-order valence-corrected chi connectivity index (χ3v) is 3.22. The molecule has 0 spiro atoms. The molecule has 0 fully saturated rings. The molecule has 0 atom stereocenters. The zero-order valence-corrected chi connectivity index (χ0v) is 11.9. The van der Waals surface area contributed by atoms with Crippen LogP contribution >= 0.6 is 23.2 Å². The van der Waals surface area contributed by atoms with Crippen LogP contribution in [0, 0.1) is 0 Å². The summed E-state index contributed by atoms with van der Waals surface area (Å²) in [4.78, 5) is 22.8. The molecule has 21 heavy (non-hydrogen) atoms. The van der Waals surface area contributed by atoms with Crippen LogP contribution < -0.4 is 5.32 Å². The summed E-state index contributed by atoms with van der Waals surface area (Å²) in [5.74, 6) is -2.08. The molecule has 0 bridgehead atoms. The number of anilines is 1. The Balaban J connectivity index is 2.25. The van der Waals surface area contributed by atoms with E-state index in [0.717, 1.165) is 6.07 Å². The van der Waals surface area contributed by atoms with Gasteiger partial charge in [0.25, 0.3) is 5.91 Å². The van der Waals surface area contributed by atoms with Crippen LogP contribution in [0.4, 0.5) is 5.69 Å². The van der Waals surface area contributed by atoms with E-state index in [-0.39, 0.29) is 27.6 Å². The molecular weight excluding hydrogens is 317 g/mol. The molecule has 0 unspecified atom stereocenters. The number of aromatic carboxylic acids is 1. The van der Waals surface area contributed by atoms with Gasteiger partial charge in [-0.05, 0) is 36.4 Å². The molecule has 3 N–H and O–H groups in total. The number of phenols is 1. The van der Waals surface area contributed by atoms with Crippen molar-refractivity contribution in [1.82, 2.24) is 0 Å². The fourth-order valence-electron chi connectivity index (χ4n) is 1.63. The molecule has 7 heteroatoms. The molecule has 108 valence electrons. The van der Waals surface area contributed by atoms with Crippen molar-refractivity contribution in [3.63, 3.8) is 0 Å². The van der Waals surface area contributed by atoms with E-state index in [1.54, 1.807) is 0 Å². The van der Waals surface area contributed by atoms with E-state index in [9.17, 15) is 14.7 Å². The number of benzene rings is 2. The number of carbonyl (C=O) groups is 2. The summed E-state index contributed by atoms with van der Waals surface area (Å²) in [5.41, 5.74) is 0.175. The quantitative estimate of drug-likeness (QED) is 0.752. The minimum atomic E-state index is -1.18. The van der Waals surface area contributed by atoms with Gasteiger partial charge in [-0.25, -0.2) is 4.79 Å². The summed E-state index contributed by atoms with van der Waals surface area (Å²) >= 11 is 11.7. The van der Waals surface area contributed by atoms with Gasteiger partial charge in [-0.1, -0.05) is 23.2 Å². The van der Waals surface area contributed by atoms with Crippen molar-refractivity contribution < 1.29 is 19.8 Å². The first-order valence-corrected chi connectivity index (χ1v) is 6.47. The number of hydrogen-bond acceptors (Lipinski definition) is 3. The first-order valence-electron chi connectivity index (χ1n) is 5.71. The number of aromatic hydroxyl groups is 1. The highest BCUT2D eigenvalue weighted by molar-refractivity contribution is 6.37. The summed E-state index contributed by atoms with van der Waals surface area (Å²) < 4.78 is 0. The molecule has 0 radical (unpaired) electrons. The smallest absolute Gasteiger partial charge is 0.335 e. The van der Waals surface area contributed by atoms with Gasteiger partial charge in [-0.2, -0.15) is 0 Å². The third kappa shape index (κ3) is 3.45. The van der Waals surface area contributed by atoms with Gasteiger partial charge in [0.2, 0.25) is 0 Å². The molecule has 0 aliphatic carbocycles. The van der Waals surface area contributed by atoms with Gasteiger partial charge < -0.3 is 15.5 Å². The molecule has 5 nitrogen and oxygen atoms in total. The molecule has 0 saturated carbocycles. The van der Waals surface area contributed by atoms with E-state index in [0.29, 0.717) is 5.02 Å². The Hall–Kier alpha value is -2.24. The Bertz CT molecular complexity index is 731. The van der Waals surface area contributed by atoms with E-state index < -0.39 is 11.9 Å². The lowest BCUT2D eigenvalue weighted by molar-refractivity contribution is 0.0696. The van der Waals surface area contributed by atoms with E-state index in [2.05, 4.69) is 5.32 Å². The predicted octanol–water partition coefficient (Wildman–Crippen LogP) is 3.65. The van der Waals surface area contributed by atoms with Crippen molar-refractivity contribution in [2.45, 2.75) is 0 Å². The Morgan fingerprint density at radius 2 is 1.76 bits per heavy atom. The van der Waals surface area contributed by atoms with Crippen LogP contribution in [0.1, 0.15) is 20.7 Å². The number of hydrogen-bond donors (Lipinski definition) is 3. The predicted molar refractivity (Wildman–Crippen MR) is 79.5 cm³/mol. The number of amides is 1. The van der Waals surface area contributed by atoms with Crippen LogP contribution in [0.5, 0.6) is 5.75 Å². The second kappa shape index (κ2) is 6.03. The SMILES string of the molecule is O=C(O)c1ccc(NC(=O)c2ccc(Cl)cc2Cl)c(O)c1. The Labute approximate surface area is 129 Å². The summed E-state index contributed by atoms with van der Waals surface area (Å²) in [6.07, 6.45) is 0. The largest absolute Gasteiger partial charge is 0.506 e. The highest BCUT2D eigenvalue weighted by Crippen LogP contribution is 2.27. The molecule has 1 amide bonds. The maximum atomic E-state index is 12.1. The fourth-order valence-corrected chi connectivity index (χ4v) is 2.13. The number of phenolic OH excluding ortho intramolecular Hbond substituents is 1. The van der Waals surface area contributed by atoms with Crippen molar-refractivity contribution >= 4 is 40.8 Å². The first-order chi connectivity index (χ1) is 9.88. The highest BCUT2D eigenvalue weighted by Gasteiger charge is 2.14. The standard InChI is InChI=1S/C14H9Cl2NO4/c15-8-2-3-9(10(16)6-8)13(19)17-11-4-1-7(14(20)21)5-12(11)18/h1-6,18H,(H,17,19)(H,20,21). The van der Waals surface area contributed by atoms with E-state index >= 15 is 0 Å². The van der Waals surface area contributed by atoms with E-state index in [4.69, 9.17) is 28.3 Å². The number of rotatable bonds is 3. The Morgan fingerprint density at radius 3 is 2.33 bits per heavy atom. The van der Waals surface area contributed by atoms with E-state index in [1.807, 2.05) is 0 Å². The van der Waals surface area contributed by atoms with Gasteiger partial charge in [-0.15, -0.1) is 0 Å². The minimum absolute atomic E-state index is 0.0796. The van der Waals surface area contributed by atoms with Crippen LogP contribution in [-0.2, 0) is 0 Å². The molecular formula is C14H9Cl2NO4. The number of halogens is 2. The van der Waals surface area contributed by atoms with Crippen molar-refractivity contribution in [3.8, 4) is 5.75 Å². The zero-order valence-electron chi connectivity index (χ0n) is 10.4. The first kappa shape index (κ1) is 15.2. The normalized spacial score (nSPS) is 10.2. The topological polar surface area (TPSA) is 86.6 Å². The Morgan fingerprint density at radius 1 is 1.05 bits per heavy atom. The van der Waals surface area contributed by atoms with Crippen LogP contribution in [0.2, 0.25) is 10.0 Å². The second-order valence-electron chi connectivity index (χ2n) is 4.12. The summed E-state index contributed by atoms with van der Waals surface area (Å²) in [6, 6.07) is 7.98. The number of carbonyl (C=O) groups excluding carboxylic acids is 1. The van der Waals surface area contributed by atoms with Crippen molar-refractivity contribution in [3.05, 3.63) is 57.6 Å². The lowest BCUT2D eigenvalue weighted by Crippen LogP contribution is -2.12. The number of carboxylic acids is 1. The maximum Gasteiger partial charge on any atom is 0.335 e. The molecule has 0 heterocycles. The summed E-state index contributed by atoms with van der Waals surface area (Å²) in [7, 11) is 0. The average Bonchev–Trinajstić information content (AvgIpc) is 2.40. The monoisotopic (exact) mass is 325 g/mol. The van der Waals surface area contributed by atoms with Crippen LogP contribution in [0.25, 0.3) is 0 Å². The number of nitrogens with one attached hydrogen (secondary N) is 1. The fraction of sp³-hybridized carbons (Fsp3) is 0. The molecule has 0 aliphatic heterocycles. The number of carboxylic acid groups (broad SMARTS) is 1. The zero-order chi connectivity index (χ0) is 15.6. The minimum Gasteiger partial charge on any atom is -0.506 e. The molecule has 2 rings (SSSR count). The van der Waals surface area contributed by atoms with Gasteiger partial charge >= 0.3 is 5.97 Å². The van der Waals surface area contributed by atoms with Crippen molar-refractivity contribution in [1.29, 1.82) is 0 Å². The van der Waals surface area contributed by atoms with Gasteiger partial charge in [-0.3, -0.25) is 4.79 Å². The lowest BCUT2D eigenvalue weighted by Gasteiger charge is -2.09. The molecule has 2 aromatic rings. The van der Waals surface area contributed by atoms with Gasteiger partial charge in [0, 0.05) is 5.02 Å². The van der Waals surface area contributed by atoms with Crippen LogP contribution in [0.3, 0.4) is 0 Å². The van der Waals surface area contributed by atoms with Gasteiger partial charge in [0.05, 0.1) is 21.8 Å². The van der Waals surface area contributed by atoms with Crippen LogP contribution in [-0.4, -0.2) is 22.1 Å². The summed E-state index contributed by atoms with van der Waals surface area (Å²) in [6.45, 7) is 0. The molecule has 0 aromatic heterocycles. The average molecular weight is 326 g/mol. The summed E-state index contributed by atoms with van der Waals surface area (Å²) in [5, 5.41) is 21.5. The lowest BCUT2D eigenvalue weighted by atomic mass is 10.1. The highest BCUT2D eigenvalue weighted by atomic mass is 35.5. The van der Waals surface area contributed by atoms with E-state index in [1.165, 1.54) is 30.3 Å². The van der Waals surface area contributed by atoms with Gasteiger partial charge in [0.15, 0.2) is 0 Å². The molecule has 0 aliphatic rings. The second-order valence-corrected chi connectivity index (χ2v) is 4.96. The van der Waals surface area contributed by atoms with Gasteiger partial charge in [0.1, 0.15) is 5.75 Å². The van der Waals surface area contributed by atoms with Crippen molar-refractivity contribution in [2.75, 3.05) is 5.32 Å². The van der Waals surface area contributed by atoms with Crippen molar-refractivity contribution in [2.24, 2.45) is 0 Å². The Kier molecular flexibility index (Phi) is 4.35. The third-order valence-electron chi connectivity index (χ3n) is 2.67. The maximum absolute atomic E-state index is 12.1.